The zero-order chi connectivity index (χ0) is 10.8. The monoisotopic (exact) mass is 215 g/mol. The summed E-state index contributed by atoms with van der Waals surface area (Å²) in [6, 6.07) is -0.239. The number of aliphatic hydroxyl groups excluding tert-OH is 2. The van der Waals surface area contributed by atoms with Crippen molar-refractivity contribution >= 4 is 5.91 Å². The molecule has 2 aliphatic rings. The van der Waals surface area contributed by atoms with Crippen LogP contribution in [-0.4, -0.2) is 59.0 Å². The highest BCUT2D eigenvalue weighted by molar-refractivity contribution is 5.81. The molecule has 5 heteroatoms. The van der Waals surface area contributed by atoms with Crippen LogP contribution >= 0.6 is 0 Å². The third-order valence-corrected chi connectivity index (χ3v) is 3.09. The Morgan fingerprint density at radius 3 is 2.93 bits per heavy atom. The van der Waals surface area contributed by atoms with Crippen molar-refractivity contribution in [3.05, 3.63) is 0 Å². The number of carbonyl (C=O) groups excluding carboxylic acids is 1. The number of aliphatic hydroxyl groups is 2. The molecule has 3 atom stereocenters. The van der Waals surface area contributed by atoms with Gasteiger partial charge in [-0.2, -0.15) is 0 Å². The molecule has 0 aromatic heterocycles. The van der Waals surface area contributed by atoms with Crippen LogP contribution in [0, 0.1) is 0 Å². The first kappa shape index (κ1) is 10.9. The van der Waals surface area contributed by atoms with Gasteiger partial charge in [0.05, 0.1) is 18.8 Å². The van der Waals surface area contributed by atoms with E-state index >= 15 is 0 Å². The Morgan fingerprint density at radius 1 is 1.53 bits per heavy atom. The van der Waals surface area contributed by atoms with Gasteiger partial charge in [-0.15, -0.1) is 0 Å². The van der Waals surface area contributed by atoms with Crippen LogP contribution in [0.5, 0.6) is 0 Å². The molecule has 0 spiro atoms. The van der Waals surface area contributed by atoms with Crippen molar-refractivity contribution in [2.45, 2.75) is 37.5 Å². The van der Waals surface area contributed by atoms with E-state index in [-0.39, 0.29) is 24.7 Å². The highest BCUT2D eigenvalue weighted by Gasteiger charge is 2.38. The summed E-state index contributed by atoms with van der Waals surface area (Å²) in [6.45, 7) is 0.871. The van der Waals surface area contributed by atoms with Crippen LogP contribution in [0.25, 0.3) is 0 Å². The lowest BCUT2D eigenvalue weighted by Crippen LogP contribution is -2.43. The van der Waals surface area contributed by atoms with Crippen LogP contribution in [0.2, 0.25) is 0 Å². The summed E-state index contributed by atoms with van der Waals surface area (Å²) >= 11 is 0. The molecule has 1 amide bonds. The fourth-order valence-electron chi connectivity index (χ4n) is 2.29. The first-order valence-electron chi connectivity index (χ1n) is 5.43. The van der Waals surface area contributed by atoms with Gasteiger partial charge in [-0.1, -0.05) is 0 Å². The molecule has 0 unspecified atom stereocenters. The van der Waals surface area contributed by atoms with Crippen LogP contribution in [-0.2, 0) is 9.53 Å². The number of rotatable bonds is 2. The number of hydrogen-bond acceptors (Lipinski definition) is 4. The lowest BCUT2D eigenvalue weighted by atomic mass is 10.2. The third kappa shape index (κ3) is 2.14. The van der Waals surface area contributed by atoms with E-state index in [4.69, 9.17) is 9.84 Å². The molecule has 2 aliphatic heterocycles. The zero-order valence-corrected chi connectivity index (χ0v) is 8.63. The van der Waals surface area contributed by atoms with Gasteiger partial charge in [0.2, 0.25) is 0 Å². The van der Waals surface area contributed by atoms with Crippen molar-refractivity contribution in [2.75, 3.05) is 19.8 Å². The van der Waals surface area contributed by atoms with E-state index in [9.17, 15) is 9.90 Å². The number of carbonyl (C=O) groups is 1. The Balaban J connectivity index is 1.99. The molecule has 15 heavy (non-hydrogen) atoms. The second-order valence-corrected chi connectivity index (χ2v) is 4.22. The standard InChI is InChI=1S/C10H17NO4/c12-6-7-4-8(13)5-11(7)10(14)9-2-1-3-15-9/h7-9,12-13H,1-6H2/t7-,8-,9-/m0/s1. The minimum atomic E-state index is -0.507. The predicted molar refractivity (Wildman–Crippen MR) is 52.2 cm³/mol. The van der Waals surface area contributed by atoms with E-state index < -0.39 is 6.10 Å². The summed E-state index contributed by atoms with van der Waals surface area (Å²) in [5, 5.41) is 18.5. The second-order valence-electron chi connectivity index (χ2n) is 4.22. The van der Waals surface area contributed by atoms with Crippen molar-refractivity contribution in [1.82, 2.24) is 4.90 Å². The highest BCUT2D eigenvalue weighted by atomic mass is 16.5. The van der Waals surface area contributed by atoms with E-state index in [2.05, 4.69) is 0 Å². The van der Waals surface area contributed by atoms with E-state index in [1.165, 1.54) is 0 Å². The molecule has 0 saturated carbocycles. The summed E-state index contributed by atoms with van der Waals surface area (Å²) in [5.41, 5.74) is 0. The number of nitrogens with zero attached hydrogens (tertiary/aromatic N) is 1. The minimum absolute atomic E-state index is 0.0805. The Kier molecular flexibility index (Phi) is 3.23. The largest absolute Gasteiger partial charge is 0.394 e. The van der Waals surface area contributed by atoms with Crippen molar-refractivity contribution < 1.29 is 19.7 Å². The molecule has 2 rings (SSSR count). The quantitative estimate of drug-likeness (QED) is 0.627. The molecule has 0 radical (unpaired) electrons. The van der Waals surface area contributed by atoms with Gasteiger partial charge in [-0.3, -0.25) is 4.79 Å². The van der Waals surface area contributed by atoms with Gasteiger partial charge in [0.25, 0.3) is 5.91 Å². The van der Waals surface area contributed by atoms with Crippen LogP contribution in [0.15, 0.2) is 0 Å². The summed E-state index contributed by atoms with van der Waals surface area (Å²) in [4.78, 5) is 13.5. The fraction of sp³-hybridized carbons (Fsp3) is 0.900. The first-order chi connectivity index (χ1) is 7.22. The van der Waals surface area contributed by atoms with Crippen molar-refractivity contribution in [2.24, 2.45) is 0 Å². The second kappa shape index (κ2) is 4.47. The Hall–Kier alpha value is -0.650. The zero-order valence-electron chi connectivity index (χ0n) is 8.63. The minimum Gasteiger partial charge on any atom is -0.394 e. The van der Waals surface area contributed by atoms with Crippen molar-refractivity contribution in [1.29, 1.82) is 0 Å². The average Bonchev–Trinajstić information content (AvgIpc) is 2.84. The molecule has 0 aromatic rings. The lowest BCUT2D eigenvalue weighted by Gasteiger charge is -2.25. The maximum atomic E-state index is 11.9. The Labute approximate surface area is 88.6 Å². The molecule has 2 heterocycles. The van der Waals surface area contributed by atoms with E-state index in [1.807, 2.05) is 0 Å². The molecular formula is C10H17NO4. The molecular weight excluding hydrogens is 198 g/mol. The number of β-amino-alcohol motifs (C(OH)–C–C–N with tert-alkyl or cyclic N) is 1. The van der Waals surface area contributed by atoms with Crippen molar-refractivity contribution in [3.8, 4) is 0 Å². The van der Waals surface area contributed by atoms with Gasteiger partial charge >= 0.3 is 0 Å². The van der Waals surface area contributed by atoms with Gasteiger partial charge < -0.3 is 19.8 Å². The molecule has 5 nitrogen and oxygen atoms in total. The Bertz CT molecular complexity index is 240. The van der Waals surface area contributed by atoms with Crippen molar-refractivity contribution in [3.63, 3.8) is 0 Å². The van der Waals surface area contributed by atoms with Crippen LogP contribution in [0.4, 0.5) is 0 Å². The van der Waals surface area contributed by atoms with Crippen LogP contribution < -0.4 is 0 Å². The third-order valence-electron chi connectivity index (χ3n) is 3.09. The maximum absolute atomic E-state index is 11.9. The van der Waals surface area contributed by atoms with E-state index in [1.54, 1.807) is 4.90 Å². The summed E-state index contributed by atoms with van der Waals surface area (Å²) in [5.74, 6) is -0.0805. The number of ether oxygens (including phenoxy) is 1. The molecule has 2 N–H and O–H groups in total. The topological polar surface area (TPSA) is 70.0 Å². The smallest absolute Gasteiger partial charge is 0.252 e. The van der Waals surface area contributed by atoms with Gasteiger partial charge in [0.15, 0.2) is 0 Å². The number of hydrogen-bond donors (Lipinski definition) is 2. The molecule has 0 bridgehead atoms. The van der Waals surface area contributed by atoms with E-state index in [0.29, 0.717) is 19.6 Å². The summed E-state index contributed by atoms with van der Waals surface area (Å²) in [7, 11) is 0. The molecule has 0 aliphatic carbocycles. The molecule has 0 aromatic carbocycles. The molecule has 2 saturated heterocycles. The van der Waals surface area contributed by atoms with Gasteiger partial charge in [0.1, 0.15) is 6.10 Å². The molecule has 2 fully saturated rings. The Morgan fingerprint density at radius 2 is 2.33 bits per heavy atom. The summed E-state index contributed by atoms with van der Waals surface area (Å²) < 4.78 is 5.30. The fourth-order valence-corrected chi connectivity index (χ4v) is 2.29. The van der Waals surface area contributed by atoms with E-state index in [0.717, 1.165) is 12.8 Å². The summed E-state index contributed by atoms with van der Waals surface area (Å²) in [6.07, 6.45) is 1.27. The normalized spacial score (nSPS) is 36.1. The van der Waals surface area contributed by atoms with Gasteiger partial charge in [-0.25, -0.2) is 0 Å². The van der Waals surface area contributed by atoms with Gasteiger partial charge in [-0.05, 0) is 19.3 Å². The highest BCUT2D eigenvalue weighted by Crippen LogP contribution is 2.22. The average molecular weight is 215 g/mol. The maximum Gasteiger partial charge on any atom is 0.252 e. The van der Waals surface area contributed by atoms with Crippen LogP contribution in [0.3, 0.4) is 0 Å². The number of likely N-dealkylation sites (tertiary alicyclic amines) is 1. The first-order valence-corrected chi connectivity index (χ1v) is 5.43. The number of amides is 1. The predicted octanol–water partition coefficient (Wildman–Crippen LogP) is -0.881. The SMILES string of the molecule is O=C([C@@H]1CCCO1)N1C[C@@H](O)C[C@H]1CO. The van der Waals surface area contributed by atoms with Gasteiger partial charge in [0, 0.05) is 13.2 Å². The molecule has 86 valence electrons. The van der Waals surface area contributed by atoms with Crippen LogP contribution in [0.1, 0.15) is 19.3 Å². The lowest BCUT2D eigenvalue weighted by molar-refractivity contribution is -0.142.